The molecule has 0 aliphatic rings. The van der Waals surface area contributed by atoms with Crippen LogP contribution in [-0.2, 0) is 12.8 Å². The lowest BCUT2D eigenvalue weighted by molar-refractivity contribution is 0.502. The highest BCUT2D eigenvalue weighted by atomic mass is 19.1. The third kappa shape index (κ3) is 3.40. The number of aryl methyl sites for hydroxylation is 1. The SMILES string of the molecule is CCc1ccc(CC(NN)c2cc(F)ccc2F)cc1. The maximum atomic E-state index is 13.8. The second-order valence-electron chi connectivity index (χ2n) is 4.76. The van der Waals surface area contributed by atoms with Gasteiger partial charge in [0.15, 0.2) is 0 Å². The van der Waals surface area contributed by atoms with E-state index in [1.807, 2.05) is 24.3 Å². The molecule has 0 amide bonds. The van der Waals surface area contributed by atoms with Crippen molar-refractivity contribution < 1.29 is 8.78 Å². The predicted molar refractivity (Wildman–Crippen MR) is 75.9 cm³/mol. The molecule has 2 rings (SSSR count). The van der Waals surface area contributed by atoms with Gasteiger partial charge in [-0.15, -0.1) is 0 Å². The zero-order valence-corrected chi connectivity index (χ0v) is 11.4. The highest BCUT2D eigenvalue weighted by Crippen LogP contribution is 2.22. The van der Waals surface area contributed by atoms with Gasteiger partial charge in [-0.2, -0.15) is 0 Å². The summed E-state index contributed by atoms with van der Waals surface area (Å²) in [7, 11) is 0. The molecule has 0 saturated heterocycles. The van der Waals surface area contributed by atoms with E-state index in [9.17, 15) is 8.78 Å². The summed E-state index contributed by atoms with van der Waals surface area (Å²) >= 11 is 0. The van der Waals surface area contributed by atoms with Gasteiger partial charge in [0.1, 0.15) is 11.6 Å². The summed E-state index contributed by atoms with van der Waals surface area (Å²) in [6.07, 6.45) is 1.47. The highest BCUT2D eigenvalue weighted by molar-refractivity contribution is 5.27. The molecule has 0 fully saturated rings. The van der Waals surface area contributed by atoms with Crippen molar-refractivity contribution in [3.63, 3.8) is 0 Å². The van der Waals surface area contributed by atoms with Gasteiger partial charge in [-0.05, 0) is 42.2 Å². The van der Waals surface area contributed by atoms with Gasteiger partial charge in [0.05, 0.1) is 6.04 Å². The lowest BCUT2D eigenvalue weighted by Gasteiger charge is -2.17. The van der Waals surface area contributed by atoms with E-state index in [0.717, 1.165) is 24.1 Å². The molecule has 0 aliphatic carbocycles. The highest BCUT2D eigenvalue weighted by Gasteiger charge is 2.16. The fourth-order valence-corrected chi connectivity index (χ4v) is 2.19. The Kier molecular flexibility index (Phi) is 4.82. The molecule has 20 heavy (non-hydrogen) atoms. The van der Waals surface area contributed by atoms with Crippen LogP contribution >= 0.6 is 0 Å². The topological polar surface area (TPSA) is 38.0 Å². The Morgan fingerprint density at radius 1 is 1.05 bits per heavy atom. The molecule has 0 aliphatic heterocycles. The van der Waals surface area contributed by atoms with Crippen molar-refractivity contribution >= 4 is 0 Å². The quantitative estimate of drug-likeness (QED) is 0.649. The van der Waals surface area contributed by atoms with E-state index >= 15 is 0 Å². The number of hydrogen-bond acceptors (Lipinski definition) is 2. The Hall–Kier alpha value is -1.78. The molecule has 1 unspecified atom stereocenters. The fourth-order valence-electron chi connectivity index (χ4n) is 2.19. The van der Waals surface area contributed by atoms with E-state index in [2.05, 4.69) is 12.3 Å². The standard InChI is InChI=1S/C16H18F2N2/c1-2-11-3-5-12(6-4-11)9-16(20-19)14-10-13(17)7-8-15(14)18/h3-8,10,16,20H,2,9,19H2,1H3. The van der Waals surface area contributed by atoms with E-state index < -0.39 is 17.7 Å². The summed E-state index contributed by atoms with van der Waals surface area (Å²) in [6, 6.07) is 11.0. The van der Waals surface area contributed by atoms with Crippen LogP contribution < -0.4 is 11.3 Å². The molecule has 2 aromatic rings. The lowest BCUT2D eigenvalue weighted by Crippen LogP contribution is -2.30. The molecule has 3 N–H and O–H groups in total. The summed E-state index contributed by atoms with van der Waals surface area (Å²) in [4.78, 5) is 0. The Bertz CT molecular complexity index is 567. The normalized spacial score (nSPS) is 12.4. The minimum absolute atomic E-state index is 0.243. The van der Waals surface area contributed by atoms with E-state index in [1.165, 1.54) is 11.6 Å². The number of hydrogen-bond donors (Lipinski definition) is 2. The Labute approximate surface area is 117 Å². The maximum Gasteiger partial charge on any atom is 0.128 e. The maximum absolute atomic E-state index is 13.8. The third-order valence-corrected chi connectivity index (χ3v) is 3.41. The van der Waals surface area contributed by atoms with Gasteiger partial charge in [-0.1, -0.05) is 31.2 Å². The van der Waals surface area contributed by atoms with Crippen LogP contribution in [0.1, 0.15) is 29.7 Å². The van der Waals surface area contributed by atoms with E-state index in [4.69, 9.17) is 5.84 Å². The molecule has 4 heteroatoms. The van der Waals surface area contributed by atoms with E-state index in [1.54, 1.807) is 0 Å². The van der Waals surface area contributed by atoms with Crippen LogP contribution in [0, 0.1) is 11.6 Å². The molecule has 1 atom stereocenters. The predicted octanol–water partition coefficient (Wildman–Crippen LogP) is 3.27. The Balaban J connectivity index is 2.21. The van der Waals surface area contributed by atoms with Crippen molar-refractivity contribution in [1.82, 2.24) is 5.43 Å². The molecule has 0 spiro atoms. The minimum Gasteiger partial charge on any atom is -0.271 e. The number of hydrazine groups is 1. The Morgan fingerprint density at radius 3 is 2.30 bits per heavy atom. The fraction of sp³-hybridized carbons (Fsp3) is 0.250. The van der Waals surface area contributed by atoms with E-state index in [-0.39, 0.29) is 5.56 Å². The average Bonchev–Trinajstić information content (AvgIpc) is 2.48. The summed E-state index contributed by atoms with van der Waals surface area (Å²) in [6.45, 7) is 2.08. The molecule has 2 aromatic carbocycles. The average molecular weight is 276 g/mol. The van der Waals surface area contributed by atoms with Crippen LogP contribution in [0.4, 0.5) is 8.78 Å². The van der Waals surface area contributed by atoms with Crippen LogP contribution in [0.15, 0.2) is 42.5 Å². The number of rotatable bonds is 5. The van der Waals surface area contributed by atoms with Crippen LogP contribution in [0.2, 0.25) is 0 Å². The zero-order valence-electron chi connectivity index (χ0n) is 11.4. The van der Waals surface area contributed by atoms with Gasteiger partial charge in [0.25, 0.3) is 0 Å². The van der Waals surface area contributed by atoms with Gasteiger partial charge in [0, 0.05) is 5.56 Å². The molecule has 0 saturated carbocycles. The van der Waals surface area contributed by atoms with Crippen molar-refractivity contribution in [2.45, 2.75) is 25.8 Å². The molecule has 0 bridgehead atoms. The third-order valence-electron chi connectivity index (χ3n) is 3.41. The second-order valence-corrected chi connectivity index (χ2v) is 4.76. The second kappa shape index (κ2) is 6.59. The number of nitrogens with one attached hydrogen (secondary N) is 1. The van der Waals surface area contributed by atoms with E-state index in [0.29, 0.717) is 6.42 Å². The van der Waals surface area contributed by atoms with Crippen molar-refractivity contribution in [2.75, 3.05) is 0 Å². The van der Waals surface area contributed by atoms with Crippen LogP contribution in [0.5, 0.6) is 0 Å². The lowest BCUT2D eigenvalue weighted by atomic mass is 9.98. The van der Waals surface area contributed by atoms with Crippen LogP contribution in [0.25, 0.3) is 0 Å². The smallest absolute Gasteiger partial charge is 0.128 e. The zero-order chi connectivity index (χ0) is 14.5. The van der Waals surface area contributed by atoms with Gasteiger partial charge >= 0.3 is 0 Å². The number of benzene rings is 2. The first-order chi connectivity index (χ1) is 9.63. The van der Waals surface area contributed by atoms with Crippen molar-refractivity contribution in [3.8, 4) is 0 Å². The molecular formula is C16H18F2N2. The number of nitrogens with two attached hydrogens (primary N) is 1. The number of halogens is 2. The monoisotopic (exact) mass is 276 g/mol. The molecule has 106 valence electrons. The summed E-state index contributed by atoms with van der Waals surface area (Å²) in [5.74, 6) is 4.56. The van der Waals surface area contributed by atoms with Crippen LogP contribution in [0.3, 0.4) is 0 Å². The molecule has 2 nitrogen and oxygen atoms in total. The molecule has 0 aromatic heterocycles. The van der Waals surface area contributed by atoms with Crippen molar-refractivity contribution in [2.24, 2.45) is 5.84 Å². The Morgan fingerprint density at radius 2 is 1.70 bits per heavy atom. The summed E-state index contributed by atoms with van der Waals surface area (Å²) in [5, 5.41) is 0. The first-order valence-electron chi connectivity index (χ1n) is 6.63. The minimum atomic E-state index is -0.469. The largest absolute Gasteiger partial charge is 0.271 e. The first kappa shape index (κ1) is 14.6. The molecule has 0 heterocycles. The van der Waals surface area contributed by atoms with Crippen LogP contribution in [-0.4, -0.2) is 0 Å². The van der Waals surface area contributed by atoms with Gasteiger partial charge < -0.3 is 0 Å². The summed E-state index contributed by atoms with van der Waals surface area (Å²) in [5.41, 5.74) is 5.06. The molecule has 0 radical (unpaired) electrons. The van der Waals surface area contributed by atoms with Crippen molar-refractivity contribution in [3.05, 3.63) is 70.8 Å². The molecular weight excluding hydrogens is 258 g/mol. The summed E-state index contributed by atoms with van der Waals surface area (Å²) < 4.78 is 27.0. The van der Waals surface area contributed by atoms with Gasteiger partial charge in [-0.3, -0.25) is 11.3 Å². The van der Waals surface area contributed by atoms with Gasteiger partial charge in [0.2, 0.25) is 0 Å². The van der Waals surface area contributed by atoms with Gasteiger partial charge in [-0.25, -0.2) is 8.78 Å². The van der Waals surface area contributed by atoms with Crippen molar-refractivity contribution in [1.29, 1.82) is 0 Å². The first-order valence-corrected chi connectivity index (χ1v) is 6.63.